The van der Waals surface area contributed by atoms with Crippen LogP contribution in [0.5, 0.6) is 5.88 Å². The number of carbonyl (C=O) groups is 2. The van der Waals surface area contributed by atoms with Gasteiger partial charge in [0.1, 0.15) is 0 Å². The molecule has 156 valence electrons. The number of aromatic hydroxyl groups is 1. The molecule has 8 N–H and O–H groups in total. The van der Waals surface area contributed by atoms with Crippen molar-refractivity contribution in [3.05, 3.63) is 41.7 Å². The average molecular weight is 411 g/mol. The van der Waals surface area contributed by atoms with Crippen molar-refractivity contribution in [1.82, 2.24) is 30.7 Å². The van der Waals surface area contributed by atoms with E-state index in [0.717, 1.165) is 5.69 Å². The van der Waals surface area contributed by atoms with Crippen LogP contribution in [0.15, 0.2) is 30.5 Å². The van der Waals surface area contributed by atoms with Gasteiger partial charge in [-0.05, 0) is 30.7 Å². The lowest BCUT2D eigenvalue weighted by molar-refractivity contribution is -0.121. The van der Waals surface area contributed by atoms with Crippen molar-refractivity contribution in [2.45, 2.75) is 19.4 Å². The summed E-state index contributed by atoms with van der Waals surface area (Å²) in [6, 6.07) is 6.87. The molecule has 2 amide bonds. The minimum atomic E-state index is -0.328. The number of nitrogens with zero attached hydrogens (tertiary/aromatic N) is 4. The SMILES string of the molecule is NNC(=O)CCCNC(=O)c1ccc(NCc2cnc3nc(N)nc(O)c3n2)cc1. The van der Waals surface area contributed by atoms with E-state index in [1.807, 2.05) is 5.43 Å². The standard InChI is InChI=1S/C18H21N9O3/c19-18-25-15-14(17(30)26-18)24-12(9-23-15)8-22-11-5-3-10(4-6-11)16(29)21-7-1-2-13(28)27-20/h3-6,9,22H,1-2,7-8,20H2,(H,21,29)(H,27,28)(H3,19,23,25,26,30). The van der Waals surface area contributed by atoms with Crippen molar-refractivity contribution in [2.24, 2.45) is 5.84 Å². The molecule has 0 aliphatic rings. The fraction of sp³-hybridized carbons (Fsp3) is 0.222. The smallest absolute Gasteiger partial charge is 0.251 e. The van der Waals surface area contributed by atoms with E-state index < -0.39 is 0 Å². The first-order chi connectivity index (χ1) is 14.5. The van der Waals surface area contributed by atoms with Crippen LogP contribution < -0.4 is 27.6 Å². The number of hydrazine groups is 1. The zero-order valence-electron chi connectivity index (χ0n) is 15.9. The van der Waals surface area contributed by atoms with E-state index in [4.69, 9.17) is 11.6 Å². The molecule has 0 saturated heterocycles. The fourth-order valence-electron chi connectivity index (χ4n) is 2.59. The molecule has 1 aromatic carbocycles. The van der Waals surface area contributed by atoms with E-state index in [-0.39, 0.29) is 41.2 Å². The number of nitrogens with two attached hydrogens (primary N) is 2. The minimum Gasteiger partial charge on any atom is -0.492 e. The summed E-state index contributed by atoms with van der Waals surface area (Å²) >= 11 is 0. The molecule has 0 aliphatic carbocycles. The van der Waals surface area contributed by atoms with Gasteiger partial charge in [-0.1, -0.05) is 0 Å². The Labute approximate surface area is 171 Å². The fourth-order valence-corrected chi connectivity index (χ4v) is 2.59. The first kappa shape index (κ1) is 20.7. The second-order valence-corrected chi connectivity index (χ2v) is 6.30. The van der Waals surface area contributed by atoms with Gasteiger partial charge in [-0.15, -0.1) is 0 Å². The maximum absolute atomic E-state index is 12.1. The normalized spacial score (nSPS) is 10.6. The molecule has 0 radical (unpaired) electrons. The van der Waals surface area contributed by atoms with E-state index in [9.17, 15) is 14.7 Å². The Morgan fingerprint density at radius 2 is 1.87 bits per heavy atom. The van der Waals surface area contributed by atoms with Crippen LogP contribution in [-0.4, -0.2) is 43.4 Å². The van der Waals surface area contributed by atoms with E-state index in [1.54, 1.807) is 24.3 Å². The highest BCUT2D eigenvalue weighted by molar-refractivity contribution is 5.94. The lowest BCUT2D eigenvalue weighted by atomic mass is 10.2. The van der Waals surface area contributed by atoms with Crippen LogP contribution in [0.4, 0.5) is 11.6 Å². The highest BCUT2D eigenvalue weighted by Crippen LogP contribution is 2.18. The minimum absolute atomic E-state index is 0.0784. The van der Waals surface area contributed by atoms with E-state index >= 15 is 0 Å². The molecule has 2 aromatic heterocycles. The number of amides is 2. The van der Waals surface area contributed by atoms with Gasteiger partial charge < -0.3 is 21.5 Å². The predicted molar refractivity (Wildman–Crippen MR) is 109 cm³/mol. The van der Waals surface area contributed by atoms with Gasteiger partial charge in [0.15, 0.2) is 11.2 Å². The molecule has 12 heteroatoms. The molecule has 3 rings (SSSR count). The van der Waals surface area contributed by atoms with E-state index in [1.165, 1.54) is 6.20 Å². The third-order valence-corrected chi connectivity index (χ3v) is 4.10. The third-order valence-electron chi connectivity index (χ3n) is 4.10. The Kier molecular flexibility index (Phi) is 6.49. The number of nitrogen functional groups attached to an aromatic ring is 1. The summed E-state index contributed by atoms with van der Waals surface area (Å²) < 4.78 is 0. The van der Waals surface area contributed by atoms with Gasteiger partial charge >= 0.3 is 0 Å². The number of carbonyl (C=O) groups excluding carboxylic acids is 2. The first-order valence-electron chi connectivity index (χ1n) is 9.06. The second kappa shape index (κ2) is 9.43. The number of rotatable bonds is 8. The van der Waals surface area contributed by atoms with Gasteiger partial charge in [0.05, 0.1) is 18.4 Å². The topological polar surface area (TPSA) is 194 Å². The summed E-state index contributed by atoms with van der Waals surface area (Å²) in [5.74, 6) is 4.08. The van der Waals surface area contributed by atoms with Crippen LogP contribution in [-0.2, 0) is 11.3 Å². The van der Waals surface area contributed by atoms with Crippen molar-refractivity contribution in [1.29, 1.82) is 0 Å². The highest BCUT2D eigenvalue weighted by Gasteiger charge is 2.09. The summed E-state index contributed by atoms with van der Waals surface area (Å²) in [5, 5.41) is 15.7. The van der Waals surface area contributed by atoms with Crippen LogP contribution in [0.25, 0.3) is 11.2 Å². The molecular formula is C18H21N9O3. The number of hydrogen-bond donors (Lipinski definition) is 6. The van der Waals surface area contributed by atoms with Crippen LogP contribution in [0.2, 0.25) is 0 Å². The maximum Gasteiger partial charge on any atom is 0.251 e. The Morgan fingerprint density at radius 3 is 2.60 bits per heavy atom. The van der Waals surface area contributed by atoms with Crippen molar-refractivity contribution in [2.75, 3.05) is 17.6 Å². The molecule has 0 spiro atoms. The summed E-state index contributed by atoms with van der Waals surface area (Å²) in [7, 11) is 0. The molecule has 12 nitrogen and oxygen atoms in total. The lowest BCUT2D eigenvalue weighted by Crippen LogP contribution is -2.31. The number of benzene rings is 1. The van der Waals surface area contributed by atoms with Crippen LogP contribution in [0, 0.1) is 0 Å². The Bertz CT molecular complexity index is 1060. The van der Waals surface area contributed by atoms with E-state index in [0.29, 0.717) is 30.8 Å². The van der Waals surface area contributed by atoms with Crippen molar-refractivity contribution >= 4 is 34.6 Å². The van der Waals surface area contributed by atoms with E-state index in [2.05, 4.69) is 30.6 Å². The molecule has 0 aliphatic heterocycles. The van der Waals surface area contributed by atoms with Crippen LogP contribution in [0.3, 0.4) is 0 Å². The summed E-state index contributed by atoms with van der Waals surface area (Å²) in [6.45, 7) is 0.705. The molecule has 0 fully saturated rings. The van der Waals surface area contributed by atoms with Crippen molar-refractivity contribution in [3.8, 4) is 5.88 Å². The molecule has 0 unspecified atom stereocenters. The van der Waals surface area contributed by atoms with Gasteiger partial charge in [0.25, 0.3) is 5.91 Å². The summed E-state index contributed by atoms with van der Waals surface area (Å²) in [5.41, 5.74) is 9.71. The Morgan fingerprint density at radius 1 is 1.10 bits per heavy atom. The van der Waals surface area contributed by atoms with Crippen LogP contribution >= 0.6 is 0 Å². The first-order valence-corrected chi connectivity index (χ1v) is 9.06. The average Bonchev–Trinajstić information content (AvgIpc) is 2.75. The largest absolute Gasteiger partial charge is 0.492 e. The maximum atomic E-state index is 12.1. The zero-order chi connectivity index (χ0) is 21.5. The number of fused-ring (bicyclic) bond motifs is 1. The third kappa shape index (κ3) is 5.26. The summed E-state index contributed by atoms with van der Waals surface area (Å²) in [6.07, 6.45) is 2.26. The van der Waals surface area contributed by atoms with Crippen LogP contribution in [0.1, 0.15) is 28.9 Å². The molecule has 3 aromatic rings. The van der Waals surface area contributed by atoms with Gasteiger partial charge in [0.2, 0.25) is 17.7 Å². The Balaban J connectivity index is 1.54. The molecule has 0 atom stereocenters. The number of anilines is 2. The van der Waals surface area contributed by atoms with Crippen molar-refractivity contribution in [3.63, 3.8) is 0 Å². The molecule has 0 saturated carbocycles. The molecule has 2 heterocycles. The molecule has 30 heavy (non-hydrogen) atoms. The second-order valence-electron chi connectivity index (χ2n) is 6.30. The van der Waals surface area contributed by atoms with Gasteiger partial charge in [-0.3, -0.25) is 15.0 Å². The molecule has 0 bridgehead atoms. The van der Waals surface area contributed by atoms with Crippen molar-refractivity contribution < 1.29 is 14.7 Å². The number of aromatic nitrogens is 4. The van der Waals surface area contributed by atoms with Gasteiger partial charge in [-0.2, -0.15) is 9.97 Å². The zero-order valence-corrected chi connectivity index (χ0v) is 15.9. The number of hydrogen-bond acceptors (Lipinski definition) is 10. The van der Waals surface area contributed by atoms with Gasteiger partial charge in [0, 0.05) is 24.2 Å². The number of nitrogens with one attached hydrogen (secondary N) is 3. The monoisotopic (exact) mass is 411 g/mol. The Hall–Kier alpha value is -4.06. The quantitative estimate of drug-likeness (QED) is 0.125. The van der Waals surface area contributed by atoms with Gasteiger partial charge in [-0.25, -0.2) is 15.8 Å². The predicted octanol–water partition coefficient (Wildman–Crippen LogP) is -0.180. The highest BCUT2D eigenvalue weighted by atomic mass is 16.3. The summed E-state index contributed by atoms with van der Waals surface area (Å²) in [4.78, 5) is 39.1. The molecular weight excluding hydrogens is 390 g/mol. The lowest BCUT2D eigenvalue weighted by Gasteiger charge is -2.09.